The molecule has 1 fully saturated rings. The van der Waals surface area contributed by atoms with Crippen molar-refractivity contribution >= 4 is 11.7 Å². The Labute approximate surface area is 153 Å². The lowest BCUT2D eigenvalue weighted by atomic mass is 10.1. The van der Waals surface area contributed by atoms with Gasteiger partial charge in [-0.25, -0.2) is 4.98 Å². The highest BCUT2D eigenvalue weighted by Gasteiger charge is 2.28. The summed E-state index contributed by atoms with van der Waals surface area (Å²) >= 11 is 0. The van der Waals surface area contributed by atoms with E-state index in [9.17, 15) is 4.79 Å². The molecule has 2 aromatic rings. The van der Waals surface area contributed by atoms with E-state index in [1.165, 1.54) is 0 Å². The Bertz CT molecular complexity index is 781. The van der Waals surface area contributed by atoms with E-state index in [2.05, 4.69) is 15.3 Å². The van der Waals surface area contributed by atoms with Gasteiger partial charge >= 0.3 is 0 Å². The standard InChI is InChI=1S/C19H24N4O3/c1-13-4-5-15(25-3)14(10-13)11-17(24)23-8-9-26-16(12-23)18-19(20-2)22-7-6-21-18/h4-7,10,16H,8-9,11-12H2,1-3H3,(H,20,22). The quantitative estimate of drug-likeness (QED) is 0.883. The van der Waals surface area contributed by atoms with Gasteiger partial charge in [-0.2, -0.15) is 0 Å². The zero-order valence-electron chi connectivity index (χ0n) is 15.4. The third-order valence-electron chi connectivity index (χ3n) is 4.47. The number of hydrogen-bond acceptors (Lipinski definition) is 6. The monoisotopic (exact) mass is 356 g/mol. The van der Waals surface area contributed by atoms with Crippen molar-refractivity contribution in [2.75, 3.05) is 39.2 Å². The molecule has 1 aliphatic heterocycles. The minimum Gasteiger partial charge on any atom is -0.496 e. The van der Waals surface area contributed by atoms with Crippen LogP contribution in [0.5, 0.6) is 5.75 Å². The number of nitrogens with zero attached hydrogens (tertiary/aromatic N) is 3. The normalized spacial score (nSPS) is 17.0. The maximum absolute atomic E-state index is 12.8. The van der Waals surface area contributed by atoms with E-state index in [-0.39, 0.29) is 12.0 Å². The molecule has 0 saturated carbocycles. The van der Waals surface area contributed by atoms with E-state index in [4.69, 9.17) is 9.47 Å². The molecule has 1 aromatic heterocycles. The first-order valence-electron chi connectivity index (χ1n) is 8.64. The summed E-state index contributed by atoms with van der Waals surface area (Å²) in [7, 11) is 3.42. The molecule has 2 heterocycles. The van der Waals surface area contributed by atoms with E-state index < -0.39 is 0 Å². The number of hydrogen-bond donors (Lipinski definition) is 1. The van der Waals surface area contributed by atoms with Gasteiger partial charge in [-0.05, 0) is 13.0 Å². The maximum Gasteiger partial charge on any atom is 0.227 e. The molecule has 0 spiro atoms. The fourth-order valence-electron chi connectivity index (χ4n) is 3.14. The number of methoxy groups -OCH3 is 1. The van der Waals surface area contributed by atoms with E-state index in [1.54, 1.807) is 26.6 Å². The summed E-state index contributed by atoms with van der Waals surface area (Å²) in [6.07, 6.45) is 3.28. The fraction of sp³-hybridized carbons (Fsp3) is 0.421. The van der Waals surface area contributed by atoms with Crippen LogP contribution < -0.4 is 10.1 Å². The highest BCUT2D eigenvalue weighted by Crippen LogP contribution is 2.26. The molecule has 1 amide bonds. The first kappa shape index (κ1) is 18.1. The molecule has 0 bridgehead atoms. The number of benzene rings is 1. The van der Waals surface area contributed by atoms with Gasteiger partial charge in [0, 0.05) is 31.5 Å². The highest BCUT2D eigenvalue weighted by atomic mass is 16.5. The van der Waals surface area contributed by atoms with Gasteiger partial charge in [0.1, 0.15) is 23.4 Å². The SMILES string of the molecule is CNc1nccnc1C1CN(C(=O)Cc2cc(C)ccc2OC)CCO1. The van der Waals surface area contributed by atoms with Crippen molar-refractivity contribution in [1.29, 1.82) is 0 Å². The lowest BCUT2D eigenvalue weighted by Crippen LogP contribution is -2.43. The molecule has 1 N–H and O–H groups in total. The zero-order valence-corrected chi connectivity index (χ0v) is 15.4. The minimum absolute atomic E-state index is 0.0529. The van der Waals surface area contributed by atoms with E-state index >= 15 is 0 Å². The van der Waals surface area contributed by atoms with Crippen LogP contribution in [-0.2, 0) is 16.0 Å². The van der Waals surface area contributed by atoms with Crippen molar-refractivity contribution in [3.8, 4) is 5.75 Å². The van der Waals surface area contributed by atoms with Crippen LogP contribution in [0.4, 0.5) is 5.82 Å². The van der Waals surface area contributed by atoms with Gasteiger partial charge in [0.25, 0.3) is 0 Å². The number of aromatic nitrogens is 2. The molecule has 1 atom stereocenters. The van der Waals surface area contributed by atoms with Crippen molar-refractivity contribution in [1.82, 2.24) is 14.9 Å². The molecule has 7 nitrogen and oxygen atoms in total. The highest BCUT2D eigenvalue weighted by molar-refractivity contribution is 5.79. The van der Waals surface area contributed by atoms with E-state index in [1.807, 2.05) is 30.0 Å². The average Bonchev–Trinajstić information content (AvgIpc) is 2.68. The molecule has 0 aliphatic carbocycles. The van der Waals surface area contributed by atoms with Crippen molar-refractivity contribution in [3.05, 3.63) is 47.4 Å². The Hall–Kier alpha value is -2.67. The Morgan fingerprint density at radius 3 is 2.96 bits per heavy atom. The second kappa shape index (κ2) is 8.14. The molecule has 1 unspecified atom stereocenters. The second-order valence-electron chi connectivity index (χ2n) is 6.23. The molecule has 138 valence electrons. The van der Waals surface area contributed by atoms with Crippen LogP contribution >= 0.6 is 0 Å². The Morgan fingerprint density at radius 1 is 1.38 bits per heavy atom. The molecular formula is C19H24N4O3. The predicted molar refractivity (Wildman–Crippen MR) is 98.3 cm³/mol. The third kappa shape index (κ3) is 3.94. The number of anilines is 1. The van der Waals surface area contributed by atoms with Crippen LogP contribution in [0.3, 0.4) is 0 Å². The summed E-state index contributed by atoms with van der Waals surface area (Å²) < 4.78 is 11.2. The zero-order chi connectivity index (χ0) is 18.5. The Kier molecular flexibility index (Phi) is 5.68. The largest absolute Gasteiger partial charge is 0.496 e. The predicted octanol–water partition coefficient (Wildman–Crippen LogP) is 1.98. The molecule has 1 aromatic carbocycles. The summed E-state index contributed by atoms with van der Waals surface area (Å²) in [4.78, 5) is 23.3. The molecule has 26 heavy (non-hydrogen) atoms. The van der Waals surface area contributed by atoms with Gasteiger partial charge in [0.2, 0.25) is 5.91 Å². The van der Waals surface area contributed by atoms with Gasteiger partial charge in [0.15, 0.2) is 0 Å². The van der Waals surface area contributed by atoms with E-state index in [0.29, 0.717) is 31.9 Å². The smallest absolute Gasteiger partial charge is 0.227 e. The molecule has 1 saturated heterocycles. The van der Waals surface area contributed by atoms with E-state index in [0.717, 1.165) is 22.6 Å². The number of morpholine rings is 1. The van der Waals surface area contributed by atoms with Crippen LogP contribution in [0.15, 0.2) is 30.6 Å². The number of rotatable bonds is 5. The molecule has 1 aliphatic rings. The topological polar surface area (TPSA) is 76.6 Å². The van der Waals surface area contributed by atoms with Crippen LogP contribution in [0, 0.1) is 6.92 Å². The lowest BCUT2D eigenvalue weighted by molar-refractivity contribution is -0.138. The van der Waals surface area contributed by atoms with Crippen molar-refractivity contribution in [3.63, 3.8) is 0 Å². The Balaban J connectivity index is 1.73. The van der Waals surface area contributed by atoms with Gasteiger partial charge in [-0.1, -0.05) is 17.7 Å². The molecule has 7 heteroatoms. The number of ether oxygens (including phenoxy) is 2. The van der Waals surface area contributed by atoms with Gasteiger partial charge in [-0.3, -0.25) is 9.78 Å². The second-order valence-corrected chi connectivity index (χ2v) is 6.23. The number of carbonyl (C=O) groups is 1. The summed E-state index contributed by atoms with van der Waals surface area (Å²) in [5, 5.41) is 3.02. The van der Waals surface area contributed by atoms with Crippen LogP contribution in [0.2, 0.25) is 0 Å². The summed E-state index contributed by atoms with van der Waals surface area (Å²) in [5.74, 6) is 1.46. The number of amides is 1. The Morgan fingerprint density at radius 2 is 2.19 bits per heavy atom. The molecule has 0 radical (unpaired) electrons. The van der Waals surface area contributed by atoms with Gasteiger partial charge < -0.3 is 19.7 Å². The summed E-state index contributed by atoms with van der Waals surface area (Å²) in [5.41, 5.74) is 2.73. The summed E-state index contributed by atoms with van der Waals surface area (Å²) in [6.45, 7) is 3.51. The number of carbonyl (C=O) groups excluding carboxylic acids is 1. The van der Waals surface area contributed by atoms with Crippen LogP contribution in [-0.4, -0.2) is 54.6 Å². The molecule has 3 rings (SSSR count). The number of nitrogens with one attached hydrogen (secondary N) is 1. The first-order chi connectivity index (χ1) is 12.6. The fourth-order valence-corrected chi connectivity index (χ4v) is 3.14. The maximum atomic E-state index is 12.8. The minimum atomic E-state index is -0.289. The van der Waals surface area contributed by atoms with Crippen molar-refractivity contribution in [2.45, 2.75) is 19.4 Å². The van der Waals surface area contributed by atoms with Crippen LogP contribution in [0.1, 0.15) is 22.9 Å². The average molecular weight is 356 g/mol. The van der Waals surface area contributed by atoms with Gasteiger partial charge in [-0.15, -0.1) is 0 Å². The summed E-state index contributed by atoms with van der Waals surface area (Å²) in [6, 6.07) is 5.88. The van der Waals surface area contributed by atoms with Crippen LogP contribution in [0.25, 0.3) is 0 Å². The molecular weight excluding hydrogens is 332 g/mol. The third-order valence-corrected chi connectivity index (χ3v) is 4.47. The first-order valence-corrected chi connectivity index (χ1v) is 8.64. The van der Waals surface area contributed by atoms with Crippen molar-refractivity contribution < 1.29 is 14.3 Å². The number of aryl methyl sites for hydroxylation is 1. The lowest BCUT2D eigenvalue weighted by Gasteiger charge is -2.33. The van der Waals surface area contributed by atoms with Gasteiger partial charge in [0.05, 0.1) is 26.7 Å². The van der Waals surface area contributed by atoms with Crippen molar-refractivity contribution in [2.24, 2.45) is 0 Å².